The van der Waals surface area contributed by atoms with Crippen molar-refractivity contribution in [2.24, 2.45) is 0 Å². The van der Waals surface area contributed by atoms with Crippen molar-refractivity contribution in [3.8, 4) is 11.5 Å². The Labute approximate surface area is 158 Å². The molecule has 6 nitrogen and oxygen atoms in total. The molecule has 1 aliphatic rings. The number of carbonyl (C=O) groups excluding carboxylic acids is 2. The van der Waals surface area contributed by atoms with Gasteiger partial charge >= 0.3 is 12.1 Å². The van der Waals surface area contributed by atoms with Gasteiger partial charge in [-0.1, -0.05) is 0 Å². The number of fused-ring (bicyclic) bond motifs is 1. The average Bonchev–Trinajstić information content (AvgIpc) is 2.90. The summed E-state index contributed by atoms with van der Waals surface area (Å²) < 4.78 is 53.4. The molecule has 148 valence electrons. The number of halogens is 3. The summed E-state index contributed by atoms with van der Waals surface area (Å²) in [5, 5.41) is 2.55. The maximum absolute atomic E-state index is 12.5. The lowest BCUT2D eigenvalue weighted by Crippen LogP contribution is -2.21. The van der Waals surface area contributed by atoms with E-state index < -0.39 is 30.2 Å². The second kappa shape index (κ2) is 8.20. The van der Waals surface area contributed by atoms with Gasteiger partial charge < -0.3 is 19.5 Å². The lowest BCUT2D eigenvalue weighted by molar-refractivity contribution is -0.137. The molecule has 1 amide bonds. The third-order valence-corrected chi connectivity index (χ3v) is 3.81. The van der Waals surface area contributed by atoms with Gasteiger partial charge in [0.25, 0.3) is 5.91 Å². The van der Waals surface area contributed by atoms with Gasteiger partial charge in [0.15, 0.2) is 18.1 Å². The second-order valence-corrected chi connectivity index (χ2v) is 5.91. The standard InChI is InChI=1S/C19H16F3NO5/c20-19(21,22)13-4-2-12(3-5-13)18(25)28-11-17(24)23-14-6-7-15-16(10-14)27-9-1-8-26-15/h2-7,10H,1,8-9,11H2,(H,23,24). The number of alkyl halides is 3. The Morgan fingerprint density at radius 2 is 1.68 bits per heavy atom. The van der Waals surface area contributed by atoms with Gasteiger partial charge in [-0.05, 0) is 36.4 Å². The van der Waals surface area contributed by atoms with Gasteiger partial charge in [-0.15, -0.1) is 0 Å². The lowest BCUT2D eigenvalue weighted by atomic mass is 10.1. The minimum atomic E-state index is -4.50. The molecular formula is C19H16F3NO5. The molecule has 9 heteroatoms. The molecule has 28 heavy (non-hydrogen) atoms. The smallest absolute Gasteiger partial charge is 0.416 e. The second-order valence-electron chi connectivity index (χ2n) is 5.91. The molecule has 0 spiro atoms. The molecule has 1 aliphatic heterocycles. The SMILES string of the molecule is O=C(COC(=O)c1ccc(C(F)(F)F)cc1)Nc1ccc2c(c1)OCCCO2. The van der Waals surface area contributed by atoms with Crippen LogP contribution in [0.3, 0.4) is 0 Å². The Hall–Kier alpha value is -3.23. The van der Waals surface area contributed by atoms with Crippen molar-refractivity contribution in [3.63, 3.8) is 0 Å². The lowest BCUT2D eigenvalue weighted by Gasteiger charge is -2.11. The molecule has 0 fully saturated rings. The monoisotopic (exact) mass is 395 g/mol. The fourth-order valence-electron chi connectivity index (χ4n) is 2.45. The minimum absolute atomic E-state index is 0.0867. The molecule has 0 bridgehead atoms. The number of hydrogen-bond acceptors (Lipinski definition) is 5. The normalized spacial score (nSPS) is 13.4. The maximum Gasteiger partial charge on any atom is 0.416 e. The van der Waals surface area contributed by atoms with E-state index in [1.807, 2.05) is 0 Å². The Bertz CT molecular complexity index is 865. The first-order chi connectivity index (χ1) is 13.3. The minimum Gasteiger partial charge on any atom is -0.490 e. The first kappa shape index (κ1) is 19.5. The molecule has 0 unspecified atom stereocenters. The van der Waals surface area contributed by atoms with Crippen molar-refractivity contribution in [2.45, 2.75) is 12.6 Å². The average molecular weight is 395 g/mol. The van der Waals surface area contributed by atoms with Crippen LogP contribution in [0, 0.1) is 0 Å². The highest BCUT2D eigenvalue weighted by Gasteiger charge is 2.30. The predicted molar refractivity (Wildman–Crippen MR) is 92.4 cm³/mol. The number of anilines is 1. The molecule has 2 aromatic rings. The number of benzene rings is 2. The highest BCUT2D eigenvalue weighted by Crippen LogP contribution is 2.32. The molecule has 3 rings (SSSR count). The molecule has 2 aromatic carbocycles. The van der Waals surface area contributed by atoms with E-state index in [0.717, 1.165) is 30.7 Å². The first-order valence-corrected chi connectivity index (χ1v) is 8.37. The van der Waals surface area contributed by atoms with Gasteiger partial charge in [0.1, 0.15) is 0 Å². The zero-order valence-electron chi connectivity index (χ0n) is 14.5. The van der Waals surface area contributed by atoms with Gasteiger partial charge in [0.2, 0.25) is 0 Å². The van der Waals surface area contributed by atoms with E-state index in [0.29, 0.717) is 30.4 Å². The van der Waals surface area contributed by atoms with Crippen LogP contribution in [0.1, 0.15) is 22.3 Å². The number of carbonyl (C=O) groups is 2. The highest BCUT2D eigenvalue weighted by atomic mass is 19.4. The number of esters is 1. The molecule has 0 atom stereocenters. The van der Waals surface area contributed by atoms with Gasteiger partial charge in [-0.25, -0.2) is 4.79 Å². The van der Waals surface area contributed by atoms with Crippen molar-refractivity contribution in [1.82, 2.24) is 0 Å². The van der Waals surface area contributed by atoms with Crippen molar-refractivity contribution in [3.05, 3.63) is 53.6 Å². The van der Waals surface area contributed by atoms with Crippen LogP contribution in [0.2, 0.25) is 0 Å². The van der Waals surface area contributed by atoms with Crippen LogP contribution in [0.4, 0.5) is 18.9 Å². The van der Waals surface area contributed by atoms with Crippen molar-refractivity contribution in [1.29, 1.82) is 0 Å². The topological polar surface area (TPSA) is 73.9 Å². The third kappa shape index (κ3) is 4.93. The van der Waals surface area contributed by atoms with Gasteiger partial charge in [-0.3, -0.25) is 4.79 Å². The van der Waals surface area contributed by atoms with Crippen molar-refractivity contribution < 1.29 is 37.0 Å². The van der Waals surface area contributed by atoms with Crippen LogP contribution >= 0.6 is 0 Å². The molecule has 0 saturated heterocycles. The number of ether oxygens (including phenoxy) is 3. The summed E-state index contributed by atoms with van der Waals surface area (Å²) in [5.41, 5.74) is -0.535. The summed E-state index contributed by atoms with van der Waals surface area (Å²) in [4.78, 5) is 23.8. The molecule has 1 N–H and O–H groups in total. The third-order valence-electron chi connectivity index (χ3n) is 3.81. The Balaban J connectivity index is 1.54. The number of hydrogen-bond donors (Lipinski definition) is 1. The van der Waals surface area contributed by atoms with Crippen LogP contribution < -0.4 is 14.8 Å². The fourth-order valence-corrected chi connectivity index (χ4v) is 2.45. The molecular weight excluding hydrogens is 379 g/mol. The van der Waals surface area contributed by atoms with E-state index in [-0.39, 0.29) is 5.56 Å². The number of amides is 1. The predicted octanol–water partition coefficient (Wildman–Crippen LogP) is 3.66. The number of rotatable bonds is 4. The zero-order valence-corrected chi connectivity index (χ0v) is 14.5. The van der Waals surface area contributed by atoms with E-state index in [4.69, 9.17) is 14.2 Å². The zero-order chi connectivity index (χ0) is 20.1. The Morgan fingerprint density at radius 3 is 2.36 bits per heavy atom. The van der Waals surface area contributed by atoms with Gasteiger partial charge in [-0.2, -0.15) is 13.2 Å². The van der Waals surface area contributed by atoms with Gasteiger partial charge in [0.05, 0.1) is 24.3 Å². The van der Waals surface area contributed by atoms with E-state index in [1.165, 1.54) is 0 Å². The van der Waals surface area contributed by atoms with Crippen LogP contribution in [-0.4, -0.2) is 31.7 Å². The van der Waals surface area contributed by atoms with Crippen LogP contribution in [0.25, 0.3) is 0 Å². The largest absolute Gasteiger partial charge is 0.490 e. The molecule has 1 heterocycles. The fraction of sp³-hybridized carbons (Fsp3) is 0.263. The van der Waals surface area contributed by atoms with E-state index >= 15 is 0 Å². The summed E-state index contributed by atoms with van der Waals surface area (Å²) in [5.74, 6) is -0.432. The van der Waals surface area contributed by atoms with Crippen LogP contribution in [-0.2, 0) is 15.7 Å². The van der Waals surface area contributed by atoms with E-state index in [2.05, 4.69) is 5.32 Å². The van der Waals surface area contributed by atoms with E-state index in [9.17, 15) is 22.8 Å². The molecule has 0 aliphatic carbocycles. The highest BCUT2D eigenvalue weighted by molar-refractivity contribution is 5.95. The summed E-state index contributed by atoms with van der Waals surface area (Å²) in [6.45, 7) is 0.446. The van der Waals surface area contributed by atoms with Crippen LogP contribution in [0.15, 0.2) is 42.5 Å². The summed E-state index contributed by atoms with van der Waals surface area (Å²) in [6.07, 6.45) is -3.75. The molecule has 0 aromatic heterocycles. The summed E-state index contributed by atoms with van der Waals surface area (Å²) >= 11 is 0. The summed E-state index contributed by atoms with van der Waals surface area (Å²) in [6, 6.07) is 8.40. The van der Waals surface area contributed by atoms with E-state index in [1.54, 1.807) is 18.2 Å². The number of nitrogens with one attached hydrogen (secondary N) is 1. The summed E-state index contributed by atoms with van der Waals surface area (Å²) in [7, 11) is 0. The van der Waals surface area contributed by atoms with Crippen LogP contribution in [0.5, 0.6) is 11.5 Å². The van der Waals surface area contributed by atoms with Crippen molar-refractivity contribution >= 4 is 17.6 Å². The van der Waals surface area contributed by atoms with Gasteiger partial charge in [0, 0.05) is 18.2 Å². The quantitative estimate of drug-likeness (QED) is 0.800. The molecule has 0 radical (unpaired) electrons. The Morgan fingerprint density at radius 1 is 1.00 bits per heavy atom. The first-order valence-electron chi connectivity index (χ1n) is 8.37. The van der Waals surface area contributed by atoms with Crippen molar-refractivity contribution in [2.75, 3.05) is 25.1 Å². The maximum atomic E-state index is 12.5. The molecule has 0 saturated carbocycles. The Kier molecular flexibility index (Phi) is 5.72.